The lowest BCUT2D eigenvalue weighted by atomic mass is 9.88. The minimum Gasteiger partial charge on any atom is -0.327 e. The Morgan fingerprint density at radius 3 is 2.71 bits per heavy atom. The molecule has 0 aliphatic heterocycles. The van der Waals surface area contributed by atoms with Crippen LogP contribution in [0.5, 0.6) is 0 Å². The van der Waals surface area contributed by atoms with Crippen LogP contribution in [0.1, 0.15) is 43.6 Å². The van der Waals surface area contributed by atoms with Crippen molar-refractivity contribution < 1.29 is 4.39 Å². The van der Waals surface area contributed by atoms with Crippen LogP contribution in [0.3, 0.4) is 0 Å². The number of halogens is 3. The van der Waals surface area contributed by atoms with Crippen molar-refractivity contribution in [3.63, 3.8) is 0 Å². The van der Waals surface area contributed by atoms with Crippen LogP contribution in [-0.2, 0) is 0 Å². The monoisotopic (exact) mass is 319 g/mol. The molecule has 2 unspecified atom stereocenters. The summed E-state index contributed by atoms with van der Waals surface area (Å²) in [5.74, 6) is -0.216. The molecule has 0 aromatic heterocycles. The lowest BCUT2D eigenvalue weighted by molar-refractivity contribution is 0.479. The summed E-state index contributed by atoms with van der Waals surface area (Å²) in [6.07, 6.45) is 5.37. The van der Waals surface area contributed by atoms with Crippen molar-refractivity contribution in [2.24, 2.45) is 5.73 Å². The molecule has 0 heterocycles. The molecule has 0 radical (unpaired) electrons. The number of benzene rings is 1. The van der Waals surface area contributed by atoms with E-state index in [-0.39, 0.29) is 22.8 Å². The minimum atomic E-state index is -0.316. The highest BCUT2D eigenvalue weighted by Crippen LogP contribution is 2.36. The molecule has 1 aliphatic rings. The van der Waals surface area contributed by atoms with E-state index in [1.165, 1.54) is 6.42 Å². The van der Waals surface area contributed by atoms with Gasteiger partial charge in [-0.05, 0) is 40.4 Å². The molecule has 0 saturated heterocycles. The topological polar surface area (TPSA) is 26.0 Å². The third-order valence-electron chi connectivity index (χ3n) is 3.53. The molecular formula is C13H16BrClFN. The first-order chi connectivity index (χ1) is 8.11. The van der Waals surface area contributed by atoms with Gasteiger partial charge in [-0.25, -0.2) is 4.39 Å². The second-order valence-corrected chi connectivity index (χ2v) is 5.91. The first kappa shape index (κ1) is 13.3. The van der Waals surface area contributed by atoms with Crippen molar-refractivity contribution >= 4 is 27.5 Å². The molecule has 1 aromatic rings. The number of rotatable bonds is 1. The smallest absolute Gasteiger partial charge is 0.146 e. The SMILES string of the molecule is NC1CCCCCC1c1ccc(Br)c(Cl)c1F. The van der Waals surface area contributed by atoms with E-state index in [0.717, 1.165) is 25.7 Å². The average molecular weight is 321 g/mol. The molecule has 1 aliphatic carbocycles. The van der Waals surface area contributed by atoms with Gasteiger partial charge >= 0.3 is 0 Å². The summed E-state index contributed by atoms with van der Waals surface area (Å²) in [6.45, 7) is 0. The second kappa shape index (κ2) is 5.68. The molecule has 4 heteroatoms. The van der Waals surface area contributed by atoms with Gasteiger partial charge < -0.3 is 5.73 Å². The molecule has 2 N–H and O–H groups in total. The van der Waals surface area contributed by atoms with E-state index in [0.29, 0.717) is 10.0 Å². The first-order valence-corrected chi connectivity index (χ1v) is 7.17. The molecule has 94 valence electrons. The normalized spacial score (nSPS) is 25.6. The van der Waals surface area contributed by atoms with Crippen molar-refractivity contribution in [2.45, 2.75) is 44.1 Å². The molecule has 0 spiro atoms. The molecule has 0 amide bonds. The largest absolute Gasteiger partial charge is 0.327 e. The van der Waals surface area contributed by atoms with Gasteiger partial charge in [-0.15, -0.1) is 0 Å². The summed E-state index contributed by atoms with van der Waals surface area (Å²) in [6, 6.07) is 3.66. The van der Waals surface area contributed by atoms with Crippen molar-refractivity contribution in [2.75, 3.05) is 0 Å². The minimum absolute atomic E-state index is 0.0456. The molecule has 17 heavy (non-hydrogen) atoms. The van der Waals surface area contributed by atoms with Crippen LogP contribution in [0.15, 0.2) is 16.6 Å². The predicted octanol–water partition coefficient (Wildman–Crippen LogP) is 4.62. The highest BCUT2D eigenvalue weighted by molar-refractivity contribution is 9.10. The molecule has 2 rings (SSSR count). The average Bonchev–Trinajstić information content (AvgIpc) is 2.52. The lowest BCUT2D eigenvalue weighted by Gasteiger charge is -2.22. The number of nitrogens with two attached hydrogens (primary N) is 1. The summed E-state index contributed by atoms with van der Waals surface area (Å²) in [5.41, 5.74) is 6.82. The van der Waals surface area contributed by atoms with Crippen molar-refractivity contribution in [1.29, 1.82) is 0 Å². The molecule has 1 fully saturated rings. The van der Waals surface area contributed by atoms with E-state index in [9.17, 15) is 4.39 Å². The van der Waals surface area contributed by atoms with E-state index in [4.69, 9.17) is 17.3 Å². The van der Waals surface area contributed by atoms with Gasteiger partial charge in [0.2, 0.25) is 0 Å². The van der Waals surface area contributed by atoms with Crippen molar-refractivity contribution in [3.8, 4) is 0 Å². The van der Waals surface area contributed by atoms with Crippen LogP contribution in [0.25, 0.3) is 0 Å². The molecule has 1 aromatic carbocycles. The van der Waals surface area contributed by atoms with Gasteiger partial charge in [0.05, 0.1) is 5.02 Å². The summed E-state index contributed by atoms with van der Waals surface area (Å²) in [4.78, 5) is 0. The Morgan fingerprint density at radius 1 is 1.24 bits per heavy atom. The van der Waals surface area contributed by atoms with Gasteiger partial charge in [0.25, 0.3) is 0 Å². The number of hydrogen-bond donors (Lipinski definition) is 1. The van der Waals surface area contributed by atoms with Gasteiger partial charge in [-0.2, -0.15) is 0 Å². The van der Waals surface area contributed by atoms with E-state index in [1.807, 2.05) is 0 Å². The maximum absolute atomic E-state index is 14.1. The predicted molar refractivity (Wildman–Crippen MR) is 72.9 cm³/mol. The lowest BCUT2D eigenvalue weighted by Crippen LogP contribution is -2.28. The Morgan fingerprint density at radius 2 is 1.94 bits per heavy atom. The Balaban J connectivity index is 2.35. The molecular weight excluding hydrogens is 305 g/mol. The fourth-order valence-electron chi connectivity index (χ4n) is 2.55. The van der Waals surface area contributed by atoms with E-state index in [1.54, 1.807) is 12.1 Å². The Hall–Kier alpha value is -0.120. The fraction of sp³-hybridized carbons (Fsp3) is 0.538. The summed E-state index contributed by atoms with van der Waals surface area (Å²) in [5, 5.41) is 0.166. The van der Waals surface area contributed by atoms with Gasteiger partial charge in [-0.3, -0.25) is 0 Å². The maximum Gasteiger partial charge on any atom is 0.146 e. The van der Waals surface area contributed by atoms with Crippen LogP contribution in [-0.4, -0.2) is 6.04 Å². The van der Waals surface area contributed by atoms with Gasteiger partial charge in [0, 0.05) is 16.4 Å². The maximum atomic E-state index is 14.1. The highest BCUT2D eigenvalue weighted by Gasteiger charge is 2.25. The van der Waals surface area contributed by atoms with Crippen LogP contribution in [0.2, 0.25) is 5.02 Å². The molecule has 1 saturated carbocycles. The summed E-state index contributed by atoms with van der Waals surface area (Å²) in [7, 11) is 0. The second-order valence-electron chi connectivity index (χ2n) is 4.67. The summed E-state index contributed by atoms with van der Waals surface area (Å²) < 4.78 is 14.7. The molecule has 1 nitrogen and oxygen atoms in total. The fourth-order valence-corrected chi connectivity index (χ4v) is 3.03. The van der Waals surface area contributed by atoms with Crippen LogP contribution < -0.4 is 5.73 Å². The number of hydrogen-bond acceptors (Lipinski definition) is 1. The quantitative estimate of drug-likeness (QED) is 0.593. The molecule has 0 bridgehead atoms. The van der Waals surface area contributed by atoms with Crippen molar-refractivity contribution in [1.82, 2.24) is 0 Å². The van der Waals surface area contributed by atoms with Gasteiger partial charge in [-0.1, -0.05) is 36.9 Å². The van der Waals surface area contributed by atoms with E-state index >= 15 is 0 Å². The van der Waals surface area contributed by atoms with E-state index < -0.39 is 0 Å². The van der Waals surface area contributed by atoms with Gasteiger partial charge in [0.15, 0.2) is 0 Å². The van der Waals surface area contributed by atoms with Gasteiger partial charge in [0.1, 0.15) is 5.82 Å². The zero-order valence-electron chi connectivity index (χ0n) is 9.56. The van der Waals surface area contributed by atoms with Crippen molar-refractivity contribution in [3.05, 3.63) is 33.0 Å². The third-order valence-corrected chi connectivity index (χ3v) is 4.79. The Kier molecular flexibility index (Phi) is 4.45. The highest BCUT2D eigenvalue weighted by atomic mass is 79.9. The van der Waals surface area contributed by atoms with E-state index in [2.05, 4.69) is 15.9 Å². The third kappa shape index (κ3) is 2.83. The van der Waals surface area contributed by atoms with Crippen LogP contribution in [0.4, 0.5) is 4.39 Å². The standard InChI is InChI=1S/C13H16BrClFN/c14-10-7-6-9(13(16)12(10)15)8-4-2-1-3-5-11(8)17/h6-8,11H,1-5,17H2. The van der Waals surface area contributed by atoms with Crippen LogP contribution in [0, 0.1) is 5.82 Å². The summed E-state index contributed by atoms with van der Waals surface area (Å²) >= 11 is 9.16. The van der Waals surface area contributed by atoms with Crippen LogP contribution >= 0.6 is 27.5 Å². The first-order valence-electron chi connectivity index (χ1n) is 6.00. The Labute approximate surface area is 115 Å². The zero-order valence-corrected chi connectivity index (χ0v) is 11.9. The Bertz CT molecular complexity index is 411. The molecule has 2 atom stereocenters. The zero-order chi connectivity index (χ0) is 12.4.